The maximum Gasteiger partial charge on any atom is 0.248 e. The van der Waals surface area contributed by atoms with Crippen molar-refractivity contribution >= 4 is 50.5 Å². The monoisotopic (exact) mass is 448 g/mol. The second-order valence-corrected chi connectivity index (χ2v) is 8.67. The molecule has 7 nitrogen and oxygen atoms in total. The number of likely N-dealkylation sites (tertiary alicyclic amines) is 1. The van der Waals surface area contributed by atoms with Gasteiger partial charge >= 0.3 is 0 Å². The molecule has 0 radical (unpaired) electrons. The molecule has 2 N–H and O–H groups in total. The molecule has 2 heterocycles. The van der Waals surface area contributed by atoms with Gasteiger partial charge in [0.2, 0.25) is 17.7 Å². The summed E-state index contributed by atoms with van der Waals surface area (Å²) in [6, 6.07) is 15.8. The lowest BCUT2D eigenvalue weighted by Gasteiger charge is -2.26. The zero-order valence-electron chi connectivity index (χ0n) is 17.7. The molecule has 1 aromatic heterocycles. The number of fused-ring (bicyclic) bond motifs is 1. The first-order chi connectivity index (χ1) is 15.5. The van der Waals surface area contributed by atoms with E-state index < -0.39 is 12.1 Å². The standard InChI is InChI=1S/C24H24N4O3S/c1-16(25-21(29)14-13-17-8-3-2-4-9-17)23(31)28-15-7-11-19(28)22(30)27-24-26-18-10-5-6-12-20(18)32-24/h2-6,8-10,12-14,16,19H,7,11,15H2,1H3,(H,25,29)(H,26,27,30)/b14-13+. The number of rotatable bonds is 6. The zero-order valence-corrected chi connectivity index (χ0v) is 18.5. The van der Waals surface area contributed by atoms with Crippen molar-refractivity contribution in [1.82, 2.24) is 15.2 Å². The Kier molecular flexibility index (Phi) is 6.61. The number of hydrogen-bond acceptors (Lipinski definition) is 5. The Morgan fingerprint density at radius 3 is 2.66 bits per heavy atom. The summed E-state index contributed by atoms with van der Waals surface area (Å²) in [4.78, 5) is 44.0. The van der Waals surface area contributed by atoms with Crippen molar-refractivity contribution in [2.45, 2.75) is 31.8 Å². The van der Waals surface area contributed by atoms with Gasteiger partial charge in [0.25, 0.3) is 0 Å². The smallest absolute Gasteiger partial charge is 0.248 e. The van der Waals surface area contributed by atoms with Crippen molar-refractivity contribution in [3.05, 3.63) is 66.2 Å². The molecule has 0 aliphatic carbocycles. The first-order valence-corrected chi connectivity index (χ1v) is 11.3. The van der Waals surface area contributed by atoms with E-state index in [4.69, 9.17) is 0 Å². The molecule has 2 aromatic carbocycles. The quantitative estimate of drug-likeness (QED) is 0.565. The van der Waals surface area contributed by atoms with Crippen molar-refractivity contribution < 1.29 is 14.4 Å². The Morgan fingerprint density at radius 2 is 1.88 bits per heavy atom. The Labute approximate surface area is 190 Å². The average molecular weight is 449 g/mol. The first-order valence-electron chi connectivity index (χ1n) is 10.5. The molecule has 0 saturated carbocycles. The number of aromatic nitrogens is 1. The van der Waals surface area contributed by atoms with Crippen LogP contribution < -0.4 is 10.6 Å². The van der Waals surface area contributed by atoms with E-state index in [1.165, 1.54) is 17.4 Å². The van der Waals surface area contributed by atoms with E-state index in [9.17, 15) is 14.4 Å². The molecular formula is C24H24N4O3S. The van der Waals surface area contributed by atoms with Crippen LogP contribution >= 0.6 is 11.3 Å². The highest BCUT2D eigenvalue weighted by atomic mass is 32.1. The average Bonchev–Trinajstić information content (AvgIpc) is 3.44. The van der Waals surface area contributed by atoms with Crippen LogP contribution in [0.5, 0.6) is 0 Å². The second kappa shape index (κ2) is 9.74. The van der Waals surface area contributed by atoms with E-state index in [0.717, 1.165) is 22.2 Å². The fourth-order valence-electron chi connectivity index (χ4n) is 3.73. The van der Waals surface area contributed by atoms with Gasteiger partial charge in [-0.25, -0.2) is 4.98 Å². The molecule has 8 heteroatoms. The third-order valence-corrected chi connectivity index (χ3v) is 6.27. The fourth-order valence-corrected chi connectivity index (χ4v) is 4.59. The highest BCUT2D eigenvalue weighted by molar-refractivity contribution is 7.22. The summed E-state index contributed by atoms with van der Waals surface area (Å²) in [5, 5.41) is 6.06. The summed E-state index contributed by atoms with van der Waals surface area (Å²) in [5.74, 6) is -0.879. The molecule has 1 fully saturated rings. The maximum atomic E-state index is 13.0. The lowest BCUT2D eigenvalue weighted by molar-refractivity contribution is -0.139. The van der Waals surface area contributed by atoms with Crippen molar-refractivity contribution in [1.29, 1.82) is 0 Å². The van der Waals surface area contributed by atoms with Crippen molar-refractivity contribution in [2.24, 2.45) is 0 Å². The SMILES string of the molecule is CC(NC(=O)/C=C/c1ccccc1)C(=O)N1CCCC1C(=O)Nc1nc2ccccc2s1. The molecule has 1 aliphatic heterocycles. The molecule has 4 rings (SSSR count). The lowest BCUT2D eigenvalue weighted by Crippen LogP contribution is -2.51. The summed E-state index contributed by atoms with van der Waals surface area (Å²) >= 11 is 1.40. The van der Waals surface area contributed by atoms with Crippen LogP contribution in [0.2, 0.25) is 0 Å². The van der Waals surface area contributed by atoms with Gasteiger partial charge in [-0.2, -0.15) is 0 Å². The summed E-state index contributed by atoms with van der Waals surface area (Å²) < 4.78 is 0.988. The van der Waals surface area contributed by atoms with Gasteiger partial charge in [-0.3, -0.25) is 14.4 Å². The fraction of sp³-hybridized carbons (Fsp3) is 0.250. The number of benzene rings is 2. The Balaban J connectivity index is 1.36. The third kappa shape index (κ3) is 5.03. The van der Waals surface area contributed by atoms with Gasteiger partial charge < -0.3 is 15.5 Å². The van der Waals surface area contributed by atoms with E-state index in [0.29, 0.717) is 18.1 Å². The van der Waals surface area contributed by atoms with Gasteiger partial charge in [0.15, 0.2) is 5.13 Å². The van der Waals surface area contributed by atoms with Gasteiger partial charge in [0.05, 0.1) is 10.2 Å². The van der Waals surface area contributed by atoms with Gasteiger partial charge in [0.1, 0.15) is 12.1 Å². The number of hydrogen-bond donors (Lipinski definition) is 2. The zero-order chi connectivity index (χ0) is 22.5. The van der Waals surface area contributed by atoms with E-state index >= 15 is 0 Å². The number of anilines is 1. The Bertz CT molecular complexity index is 1130. The summed E-state index contributed by atoms with van der Waals surface area (Å²) in [6.07, 6.45) is 4.41. The Morgan fingerprint density at radius 1 is 1.12 bits per heavy atom. The summed E-state index contributed by atoms with van der Waals surface area (Å²) in [5.41, 5.74) is 1.72. The van der Waals surface area contributed by atoms with Crippen LogP contribution in [0.4, 0.5) is 5.13 Å². The van der Waals surface area contributed by atoms with Crippen LogP contribution in [0.15, 0.2) is 60.7 Å². The number of para-hydroxylation sites is 1. The minimum Gasteiger partial charge on any atom is -0.341 e. The van der Waals surface area contributed by atoms with Crippen LogP contribution in [0.1, 0.15) is 25.3 Å². The molecule has 3 amide bonds. The predicted molar refractivity (Wildman–Crippen MR) is 126 cm³/mol. The molecule has 32 heavy (non-hydrogen) atoms. The van der Waals surface area contributed by atoms with Gasteiger partial charge in [-0.1, -0.05) is 53.8 Å². The molecule has 0 spiro atoms. The number of carbonyl (C=O) groups is 3. The van der Waals surface area contributed by atoms with E-state index in [-0.39, 0.29) is 17.7 Å². The molecule has 1 aliphatic rings. The Hall–Kier alpha value is -3.52. The van der Waals surface area contributed by atoms with Gasteiger partial charge in [-0.15, -0.1) is 0 Å². The normalized spacial score (nSPS) is 16.9. The summed E-state index contributed by atoms with van der Waals surface area (Å²) in [6.45, 7) is 2.12. The predicted octanol–water partition coefficient (Wildman–Crippen LogP) is 3.44. The number of carbonyl (C=O) groups excluding carboxylic acids is 3. The molecule has 2 atom stereocenters. The molecular weight excluding hydrogens is 424 g/mol. The second-order valence-electron chi connectivity index (χ2n) is 7.64. The highest BCUT2D eigenvalue weighted by Gasteiger charge is 2.36. The summed E-state index contributed by atoms with van der Waals surface area (Å²) in [7, 11) is 0. The van der Waals surface area contributed by atoms with E-state index in [1.54, 1.807) is 17.9 Å². The minimum absolute atomic E-state index is 0.252. The first kappa shape index (κ1) is 21.7. The number of nitrogens with zero attached hydrogens (tertiary/aromatic N) is 2. The minimum atomic E-state index is -0.737. The number of thiazole rings is 1. The van der Waals surface area contributed by atoms with Gasteiger partial charge in [-0.05, 0) is 43.5 Å². The van der Waals surface area contributed by atoms with Crippen LogP contribution in [-0.2, 0) is 14.4 Å². The third-order valence-electron chi connectivity index (χ3n) is 5.32. The van der Waals surface area contributed by atoms with E-state index in [2.05, 4.69) is 15.6 Å². The van der Waals surface area contributed by atoms with Crippen LogP contribution in [0.3, 0.4) is 0 Å². The van der Waals surface area contributed by atoms with E-state index in [1.807, 2.05) is 54.6 Å². The van der Waals surface area contributed by atoms with Crippen LogP contribution in [0.25, 0.3) is 16.3 Å². The molecule has 1 saturated heterocycles. The van der Waals surface area contributed by atoms with Crippen molar-refractivity contribution in [2.75, 3.05) is 11.9 Å². The van der Waals surface area contributed by atoms with Crippen molar-refractivity contribution in [3.8, 4) is 0 Å². The molecule has 2 unspecified atom stereocenters. The lowest BCUT2D eigenvalue weighted by atomic mass is 10.2. The van der Waals surface area contributed by atoms with Crippen LogP contribution in [0, 0.1) is 0 Å². The number of nitrogens with one attached hydrogen (secondary N) is 2. The molecule has 164 valence electrons. The molecule has 3 aromatic rings. The highest BCUT2D eigenvalue weighted by Crippen LogP contribution is 2.27. The largest absolute Gasteiger partial charge is 0.341 e. The maximum absolute atomic E-state index is 13.0. The topological polar surface area (TPSA) is 91.4 Å². The van der Waals surface area contributed by atoms with Gasteiger partial charge in [0, 0.05) is 12.6 Å². The van der Waals surface area contributed by atoms with Crippen LogP contribution in [-0.4, -0.2) is 46.2 Å². The number of amides is 3. The molecule has 0 bridgehead atoms. The van der Waals surface area contributed by atoms with Crippen molar-refractivity contribution in [3.63, 3.8) is 0 Å².